The van der Waals surface area contributed by atoms with E-state index in [9.17, 15) is 23.7 Å². The van der Waals surface area contributed by atoms with Crippen LogP contribution in [0.25, 0.3) is 0 Å². The van der Waals surface area contributed by atoms with E-state index in [0.29, 0.717) is 6.54 Å². The summed E-state index contributed by atoms with van der Waals surface area (Å²) in [5.41, 5.74) is 0. The largest absolute Gasteiger partial charge is 0.481 e. The van der Waals surface area contributed by atoms with E-state index < -0.39 is 49.3 Å². The van der Waals surface area contributed by atoms with Gasteiger partial charge in [0.05, 0.1) is 18.4 Å². The molecule has 12 nitrogen and oxygen atoms in total. The first-order valence-electron chi connectivity index (χ1n) is 13.9. The first-order chi connectivity index (χ1) is 18.2. The Balaban J connectivity index is 0. The van der Waals surface area contributed by atoms with Crippen molar-refractivity contribution in [3.05, 3.63) is 0 Å². The van der Waals surface area contributed by atoms with Gasteiger partial charge in [-0.25, -0.2) is 4.57 Å². The maximum Gasteiger partial charge on any atom is 0.469 e. The summed E-state index contributed by atoms with van der Waals surface area (Å²) in [6.07, 6.45) is 12.7. The number of carbonyl (C=O) groups excluding carboxylic acids is 2. The average Bonchev–Trinajstić information content (AvgIpc) is 2.87. The van der Waals surface area contributed by atoms with Crippen LogP contribution in [-0.2, 0) is 28.3 Å². The monoisotopic (exact) mass is 582 g/mol. The van der Waals surface area contributed by atoms with Gasteiger partial charge in [0.25, 0.3) is 0 Å². The quantitative estimate of drug-likeness (QED) is 0.0850. The van der Waals surface area contributed by atoms with Crippen molar-refractivity contribution in [2.45, 2.75) is 98.8 Å². The van der Waals surface area contributed by atoms with Gasteiger partial charge in [0.1, 0.15) is 0 Å². The van der Waals surface area contributed by atoms with Crippen LogP contribution in [0.4, 0.5) is 0 Å². The van der Waals surface area contributed by atoms with E-state index in [2.05, 4.69) is 22.1 Å². The van der Waals surface area contributed by atoms with Gasteiger partial charge in [-0.3, -0.25) is 23.7 Å². The molecule has 0 radical (unpaired) electrons. The number of carbonyl (C=O) groups is 4. The van der Waals surface area contributed by atoms with Crippen molar-refractivity contribution in [3.63, 3.8) is 0 Å². The number of rotatable bonds is 21. The lowest BCUT2D eigenvalue weighted by atomic mass is 9.95. The van der Waals surface area contributed by atoms with E-state index in [1.54, 1.807) is 13.8 Å². The summed E-state index contributed by atoms with van der Waals surface area (Å²) in [5.74, 6) is -5.32. The van der Waals surface area contributed by atoms with Gasteiger partial charge < -0.3 is 30.6 Å². The second kappa shape index (κ2) is 22.8. The van der Waals surface area contributed by atoms with Crippen LogP contribution in [0.1, 0.15) is 98.8 Å². The van der Waals surface area contributed by atoms with Gasteiger partial charge in [0, 0.05) is 24.9 Å². The number of carboxylic acids is 2. The summed E-state index contributed by atoms with van der Waals surface area (Å²) in [7, 11) is -4.53. The zero-order chi connectivity index (χ0) is 30.4. The van der Waals surface area contributed by atoms with Gasteiger partial charge in [-0.05, 0) is 6.42 Å². The molecule has 0 unspecified atom stereocenters. The van der Waals surface area contributed by atoms with Crippen molar-refractivity contribution in [1.29, 1.82) is 0 Å². The first kappa shape index (κ1) is 39.1. The van der Waals surface area contributed by atoms with Crippen molar-refractivity contribution in [2.75, 3.05) is 19.7 Å². The second-order valence-electron chi connectivity index (χ2n) is 9.92. The van der Waals surface area contributed by atoms with Crippen LogP contribution in [-0.4, -0.2) is 63.4 Å². The molecule has 2 amide bonds. The third-order valence-electron chi connectivity index (χ3n) is 6.60. The Bertz CT molecular complexity index is 759. The van der Waals surface area contributed by atoms with Crippen molar-refractivity contribution >= 4 is 31.6 Å². The molecule has 230 valence electrons. The molecule has 6 N–H and O–H groups in total. The Morgan fingerprint density at radius 1 is 0.641 bits per heavy atom. The number of aliphatic carboxylic acids is 2. The van der Waals surface area contributed by atoms with Gasteiger partial charge in [0.2, 0.25) is 11.8 Å². The van der Waals surface area contributed by atoms with Gasteiger partial charge in [-0.1, -0.05) is 92.4 Å². The Labute approximate surface area is 232 Å². The highest BCUT2D eigenvalue weighted by atomic mass is 31.2. The summed E-state index contributed by atoms with van der Waals surface area (Å²) in [6.45, 7) is 8.56. The standard InChI is InChI=1S/C18H35NO3.C8H16NO7P/c1-4-5-6-7-8-9-10-11-12-13-14-19-17(20)15(2)16(3)18(21)22;1-5(6(2)8(11)12)7(10)9-3-4-16-17(13,14)15/h15-16H,4-14H2,1-3H3,(H,19,20)(H,21,22);5-6H,3-4H2,1-2H3,(H,9,10)(H,11,12)(H2,13,14,15)/t15-,16-;5-,6-/m11/s1. The van der Waals surface area contributed by atoms with E-state index >= 15 is 0 Å². The lowest BCUT2D eigenvalue weighted by Gasteiger charge is -2.15. The number of nitrogens with one attached hydrogen (secondary N) is 2. The van der Waals surface area contributed by atoms with Crippen molar-refractivity contribution in [1.82, 2.24) is 10.6 Å². The van der Waals surface area contributed by atoms with Crippen LogP contribution in [0.15, 0.2) is 0 Å². The third kappa shape index (κ3) is 22.5. The number of phosphoric acid groups is 1. The molecule has 0 fully saturated rings. The third-order valence-corrected chi connectivity index (χ3v) is 7.12. The fourth-order valence-corrected chi connectivity index (χ4v) is 3.70. The van der Waals surface area contributed by atoms with E-state index in [-0.39, 0.29) is 19.1 Å². The number of phosphoric ester groups is 1. The molecule has 0 saturated carbocycles. The molecule has 0 rings (SSSR count). The normalized spacial score (nSPS) is 14.2. The highest BCUT2D eigenvalue weighted by molar-refractivity contribution is 7.46. The van der Waals surface area contributed by atoms with E-state index in [4.69, 9.17) is 20.0 Å². The summed E-state index contributed by atoms with van der Waals surface area (Å²) >= 11 is 0. The Hall–Kier alpha value is -2.01. The zero-order valence-corrected chi connectivity index (χ0v) is 25.1. The van der Waals surface area contributed by atoms with E-state index in [1.165, 1.54) is 65.2 Å². The van der Waals surface area contributed by atoms with Crippen LogP contribution < -0.4 is 10.6 Å². The van der Waals surface area contributed by atoms with Crippen LogP contribution in [0.5, 0.6) is 0 Å². The number of amides is 2. The minimum atomic E-state index is -4.53. The molecule has 0 aliphatic heterocycles. The summed E-state index contributed by atoms with van der Waals surface area (Å²) in [5, 5.41) is 22.7. The minimum absolute atomic E-state index is 0.0966. The molecule has 0 aliphatic rings. The molecular weight excluding hydrogens is 531 g/mol. The van der Waals surface area contributed by atoms with Crippen molar-refractivity contribution in [3.8, 4) is 0 Å². The molecular formula is C26H51N2O10P. The lowest BCUT2D eigenvalue weighted by molar-refractivity contribution is -0.146. The van der Waals surface area contributed by atoms with Crippen LogP contribution >= 0.6 is 7.82 Å². The second-order valence-corrected chi connectivity index (χ2v) is 11.2. The molecule has 39 heavy (non-hydrogen) atoms. The topological polar surface area (TPSA) is 200 Å². The maximum atomic E-state index is 11.8. The van der Waals surface area contributed by atoms with E-state index in [1.807, 2.05) is 0 Å². The summed E-state index contributed by atoms with van der Waals surface area (Å²) < 4.78 is 14.4. The Morgan fingerprint density at radius 2 is 1.00 bits per heavy atom. The SMILES string of the molecule is CCCCCCCCCCCCNC(=O)[C@H](C)[C@@H](C)C(=O)O.C[C@@H](C(=O)O)[C@@H](C)C(=O)NCCOP(=O)(O)O. The van der Waals surface area contributed by atoms with Crippen LogP contribution in [0.3, 0.4) is 0 Å². The van der Waals surface area contributed by atoms with Crippen LogP contribution in [0, 0.1) is 23.7 Å². The molecule has 0 aromatic heterocycles. The molecule has 0 spiro atoms. The summed E-state index contributed by atoms with van der Waals surface area (Å²) in [4.78, 5) is 61.3. The van der Waals surface area contributed by atoms with Gasteiger partial charge in [-0.2, -0.15) is 0 Å². The van der Waals surface area contributed by atoms with Gasteiger partial charge in [-0.15, -0.1) is 0 Å². The number of hydrogen-bond acceptors (Lipinski definition) is 6. The first-order valence-corrected chi connectivity index (χ1v) is 15.4. The smallest absolute Gasteiger partial charge is 0.469 e. The van der Waals surface area contributed by atoms with Gasteiger partial charge >= 0.3 is 19.8 Å². The minimum Gasteiger partial charge on any atom is -0.481 e. The molecule has 4 atom stereocenters. The maximum absolute atomic E-state index is 11.8. The molecule has 0 aliphatic carbocycles. The number of unbranched alkanes of at least 4 members (excludes halogenated alkanes) is 9. The number of hydrogen-bond donors (Lipinski definition) is 6. The zero-order valence-electron chi connectivity index (χ0n) is 24.2. The molecule has 0 aromatic rings. The van der Waals surface area contributed by atoms with E-state index in [0.717, 1.165) is 12.8 Å². The molecule has 13 heteroatoms. The fourth-order valence-electron chi connectivity index (χ4n) is 3.37. The van der Waals surface area contributed by atoms with Crippen LogP contribution in [0.2, 0.25) is 0 Å². The average molecular weight is 583 g/mol. The number of carboxylic acid groups (broad SMARTS) is 2. The lowest BCUT2D eigenvalue weighted by Crippen LogP contribution is -2.36. The Morgan fingerprint density at radius 3 is 1.36 bits per heavy atom. The highest BCUT2D eigenvalue weighted by Gasteiger charge is 2.26. The van der Waals surface area contributed by atoms with Crippen molar-refractivity contribution < 1.29 is 48.3 Å². The molecule has 0 saturated heterocycles. The predicted octanol–water partition coefficient (Wildman–Crippen LogP) is 3.95. The predicted molar refractivity (Wildman–Crippen MR) is 148 cm³/mol. The Kier molecular flexibility index (Phi) is 22.8. The highest BCUT2D eigenvalue weighted by Crippen LogP contribution is 2.35. The van der Waals surface area contributed by atoms with Gasteiger partial charge in [0.15, 0.2) is 0 Å². The summed E-state index contributed by atoms with van der Waals surface area (Å²) in [6, 6.07) is 0. The fraction of sp³-hybridized carbons (Fsp3) is 0.846. The molecule has 0 heterocycles. The van der Waals surface area contributed by atoms with Crippen molar-refractivity contribution in [2.24, 2.45) is 23.7 Å². The molecule has 0 aromatic carbocycles. The molecule has 0 bridgehead atoms.